The second-order valence-corrected chi connectivity index (χ2v) is 6.10. The van der Waals surface area contributed by atoms with Crippen LogP contribution in [0.25, 0.3) is 0 Å². The molecule has 0 aliphatic carbocycles. The van der Waals surface area contributed by atoms with Gasteiger partial charge in [0.05, 0.1) is 11.6 Å². The minimum atomic E-state index is -0.0819. The van der Waals surface area contributed by atoms with E-state index in [0.717, 1.165) is 23.0 Å². The summed E-state index contributed by atoms with van der Waals surface area (Å²) in [5.74, 6) is 0.928. The average Bonchev–Trinajstić information content (AvgIpc) is 2.60. The molecule has 0 saturated carbocycles. The molecule has 1 unspecified atom stereocenters. The van der Waals surface area contributed by atoms with Crippen LogP contribution in [-0.2, 0) is 0 Å². The smallest absolute Gasteiger partial charge is 0.251 e. The van der Waals surface area contributed by atoms with Crippen LogP contribution in [0.2, 0.25) is 0 Å². The van der Waals surface area contributed by atoms with E-state index in [-0.39, 0.29) is 5.56 Å². The Hall–Kier alpha value is -0.750. The number of aromatic nitrogens is 2. The molecule has 0 bridgehead atoms. The zero-order valence-electron chi connectivity index (χ0n) is 9.19. The number of aromatic amines is 1. The van der Waals surface area contributed by atoms with E-state index in [2.05, 4.69) is 15.0 Å². The van der Waals surface area contributed by atoms with Crippen LogP contribution in [0, 0.1) is 6.92 Å². The second kappa shape index (κ2) is 5.05. The average molecular weight is 255 g/mol. The van der Waals surface area contributed by atoms with E-state index in [0.29, 0.717) is 10.4 Å². The molecule has 0 spiro atoms. The summed E-state index contributed by atoms with van der Waals surface area (Å²) >= 11 is 3.39. The highest BCUT2D eigenvalue weighted by Crippen LogP contribution is 2.25. The Morgan fingerprint density at radius 2 is 2.44 bits per heavy atom. The van der Waals surface area contributed by atoms with Crippen molar-refractivity contribution < 1.29 is 0 Å². The number of thioether (sulfide) groups is 2. The molecule has 86 valence electrons. The number of rotatable bonds is 3. The van der Waals surface area contributed by atoms with Crippen LogP contribution in [0.5, 0.6) is 0 Å². The van der Waals surface area contributed by atoms with E-state index in [4.69, 9.17) is 0 Å². The number of aryl methyl sites for hydroxylation is 1. The summed E-state index contributed by atoms with van der Waals surface area (Å²) in [5.41, 5.74) is 0.680. The third kappa shape index (κ3) is 3.12. The largest absolute Gasteiger partial charge is 0.301 e. The van der Waals surface area contributed by atoms with Gasteiger partial charge in [-0.05, 0) is 13.8 Å². The first-order valence-electron chi connectivity index (χ1n) is 5.02. The molecule has 1 atom stereocenters. The minimum absolute atomic E-state index is 0.0819. The molecule has 0 aromatic carbocycles. The van der Waals surface area contributed by atoms with Gasteiger partial charge in [-0.1, -0.05) is 11.8 Å². The summed E-state index contributed by atoms with van der Waals surface area (Å²) in [6.07, 6.45) is 0. The highest BCUT2D eigenvalue weighted by Gasteiger charge is 2.17. The third-order valence-corrected chi connectivity index (χ3v) is 4.47. The fourth-order valence-corrected chi connectivity index (χ4v) is 3.51. The zero-order chi connectivity index (χ0) is 11.5. The molecule has 1 aliphatic heterocycles. The minimum Gasteiger partial charge on any atom is -0.301 e. The van der Waals surface area contributed by atoms with Gasteiger partial charge in [0.25, 0.3) is 5.56 Å². The Morgan fingerprint density at radius 1 is 1.62 bits per heavy atom. The van der Waals surface area contributed by atoms with Crippen molar-refractivity contribution in [2.45, 2.75) is 24.3 Å². The monoisotopic (exact) mass is 255 g/mol. The summed E-state index contributed by atoms with van der Waals surface area (Å²) in [4.78, 5) is 22.6. The van der Waals surface area contributed by atoms with E-state index in [1.54, 1.807) is 23.5 Å². The molecule has 1 aliphatic rings. The fourth-order valence-electron chi connectivity index (χ4n) is 1.42. The molecule has 0 fully saturated rings. The first-order chi connectivity index (χ1) is 7.63. The molecule has 16 heavy (non-hydrogen) atoms. The van der Waals surface area contributed by atoms with Gasteiger partial charge in [-0.2, -0.15) is 0 Å². The summed E-state index contributed by atoms with van der Waals surface area (Å²) in [5, 5.41) is 2.36. The predicted octanol–water partition coefficient (Wildman–Crippen LogP) is 1.70. The van der Waals surface area contributed by atoms with Crippen LogP contribution < -0.4 is 5.56 Å². The Morgan fingerprint density at radius 3 is 3.06 bits per heavy atom. The Balaban J connectivity index is 1.92. The van der Waals surface area contributed by atoms with Crippen LogP contribution >= 0.6 is 23.5 Å². The standard InChI is InChI=1S/C10H13N3OS2/c1-6-3-9(14)13-10(12-6)15-5-8-4-11-7(2)16-8/h3,8H,4-5H2,1-2H3,(H,12,13,14). The molecular formula is C10H13N3OS2. The molecule has 0 radical (unpaired) electrons. The van der Waals surface area contributed by atoms with Crippen molar-refractivity contribution in [1.29, 1.82) is 0 Å². The van der Waals surface area contributed by atoms with Gasteiger partial charge in [0.1, 0.15) is 0 Å². The van der Waals surface area contributed by atoms with Crippen molar-refractivity contribution in [3.63, 3.8) is 0 Å². The van der Waals surface area contributed by atoms with E-state index in [1.807, 2.05) is 13.8 Å². The number of H-pyrrole nitrogens is 1. The molecule has 1 N–H and O–H groups in total. The van der Waals surface area contributed by atoms with E-state index < -0.39 is 0 Å². The predicted molar refractivity (Wildman–Crippen MR) is 69.7 cm³/mol. The third-order valence-electron chi connectivity index (χ3n) is 2.11. The van der Waals surface area contributed by atoms with E-state index in [1.165, 1.54) is 6.07 Å². The first kappa shape index (κ1) is 11.7. The lowest BCUT2D eigenvalue weighted by molar-refractivity contribution is 0.899. The molecule has 6 heteroatoms. The normalized spacial score (nSPS) is 19.9. The highest BCUT2D eigenvalue weighted by molar-refractivity contribution is 8.15. The second-order valence-electron chi connectivity index (χ2n) is 3.60. The van der Waals surface area contributed by atoms with Crippen molar-refractivity contribution >= 4 is 28.6 Å². The van der Waals surface area contributed by atoms with Crippen molar-refractivity contribution in [3.8, 4) is 0 Å². The number of nitrogens with one attached hydrogen (secondary N) is 1. The molecule has 4 nitrogen and oxygen atoms in total. The van der Waals surface area contributed by atoms with Crippen LogP contribution in [-0.4, -0.2) is 32.6 Å². The van der Waals surface area contributed by atoms with E-state index in [9.17, 15) is 4.79 Å². The van der Waals surface area contributed by atoms with Crippen molar-refractivity contribution in [2.24, 2.45) is 4.99 Å². The molecule has 1 aromatic rings. The lowest BCUT2D eigenvalue weighted by Gasteiger charge is -2.06. The fraction of sp³-hybridized carbons (Fsp3) is 0.500. The van der Waals surface area contributed by atoms with Gasteiger partial charge in [-0.15, -0.1) is 11.8 Å². The molecule has 2 rings (SSSR count). The summed E-state index contributed by atoms with van der Waals surface area (Å²) in [6.45, 7) is 4.73. The zero-order valence-corrected chi connectivity index (χ0v) is 10.8. The summed E-state index contributed by atoms with van der Waals surface area (Å²) in [7, 11) is 0. The summed E-state index contributed by atoms with van der Waals surface area (Å²) < 4.78 is 0. The van der Waals surface area contributed by atoms with E-state index >= 15 is 0 Å². The van der Waals surface area contributed by atoms with Crippen LogP contribution in [0.15, 0.2) is 21.0 Å². The van der Waals surface area contributed by atoms with Crippen molar-refractivity contribution in [1.82, 2.24) is 9.97 Å². The quantitative estimate of drug-likeness (QED) is 0.660. The number of hydrogen-bond donors (Lipinski definition) is 1. The Kier molecular flexibility index (Phi) is 3.70. The van der Waals surface area contributed by atoms with Gasteiger partial charge >= 0.3 is 0 Å². The topological polar surface area (TPSA) is 58.1 Å². The Bertz CT molecular complexity index is 469. The Labute approximate surface area is 102 Å². The molecule has 2 heterocycles. The maximum atomic E-state index is 11.2. The molecule has 1 aromatic heterocycles. The number of nitrogens with zero attached hydrogens (tertiary/aromatic N) is 2. The van der Waals surface area contributed by atoms with Crippen molar-refractivity contribution in [2.75, 3.05) is 12.3 Å². The lowest BCUT2D eigenvalue weighted by Crippen LogP contribution is -2.11. The molecule has 0 amide bonds. The van der Waals surface area contributed by atoms with Gasteiger partial charge in [-0.25, -0.2) is 4.98 Å². The van der Waals surface area contributed by atoms with Gasteiger partial charge in [0, 0.05) is 22.8 Å². The van der Waals surface area contributed by atoms with Gasteiger partial charge in [0.2, 0.25) is 0 Å². The number of hydrogen-bond acceptors (Lipinski definition) is 5. The molecule has 0 saturated heterocycles. The molecular weight excluding hydrogens is 242 g/mol. The SMILES string of the molecule is CC1=NCC(CSc2nc(C)cc(=O)[nH]2)S1. The van der Waals surface area contributed by atoms with Crippen LogP contribution in [0.4, 0.5) is 0 Å². The number of aliphatic imine (C=N–C) groups is 1. The highest BCUT2D eigenvalue weighted by atomic mass is 32.2. The van der Waals surface area contributed by atoms with Crippen molar-refractivity contribution in [3.05, 3.63) is 22.1 Å². The maximum absolute atomic E-state index is 11.2. The maximum Gasteiger partial charge on any atom is 0.251 e. The van der Waals surface area contributed by atoms with Crippen LogP contribution in [0.3, 0.4) is 0 Å². The first-order valence-corrected chi connectivity index (χ1v) is 6.88. The van der Waals surface area contributed by atoms with Gasteiger partial charge in [-0.3, -0.25) is 9.79 Å². The lowest BCUT2D eigenvalue weighted by atomic mass is 10.5. The van der Waals surface area contributed by atoms with Gasteiger partial charge < -0.3 is 4.98 Å². The van der Waals surface area contributed by atoms with Crippen LogP contribution in [0.1, 0.15) is 12.6 Å². The van der Waals surface area contributed by atoms with Gasteiger partial charge in [0.15, 0.2) is 5.16 Å². The summed E-state index contributed by atoms with van der Waals surface area (Å²) in [6, 6.07) is 1.50.